The number of carboxylic acids is 1. The van der Waals surface area contributed by atoms with E-state index in [1.807, 2.05) is 6.07 Å². The molecule has 0 unspecified atom stereocenters. The van der Waals surface area contributed by atoms with Gasteiger partial charge in [-0.1, -0.05) is 30.3 Å². The number of benzene rings is 1. The molecule has 0 bridgehead atoms. The minimum Gasteiger partial charge on any atom is -0.481 e. The van der Waals surface area contributed by atoms with Crippen LogP contribution in [0.25, 0.3) is 0 Å². The van der Waals surface area contributed by atoms with E-state index in [1.165, 1.54) is 6.92 Å². The summed E-state index contributed by atoms with van der Waals surface area (Å²) in [5, 5.41) is 18.1. The first-order chi connectivity index (χ1) is 6.13. The summed E-state index contributed by atoms with van der Waals surface area (Å²) < 4.78 is 0. The van der Waals surface area contributed by atoms with E-state index in [2.05, 4.69) is 0 Å². The van der Waals surface area contributed by atoms with Crippen LogP contribution in [0, 0.1) is 0 Å². The molecule has 0 aliphatic rings. The zero-order chi connectivity index (χ0) is 9.84. The lowest BCUT2D eigenvalue weighted by Gasteiger charge is -2.14. The number of aliphatic carboxylic acids is 1. The molecule has 0 radical (unpaired) electrons. The molecule has 0 saturated carbocycles. The molecule has 13 heavy (non-hydrogen) atoms. The Morgan fingerprint density at radius 3 is 2.23 bits per heavy atom. The summed E-state index contributed by atoms with van der Waals surface area (Å²) in [5.41, 5.74) is 0.630. The van der Waals surface area contributed by atoms with Gasteiger partial charge in [-0.2, -0.15) is 0 Å². The molecule has 0 heterocycles. The number of hydrogen-bond acceptors (Lipinski definition) is 2. The van der Waals surface area contributed by atoms with Crippen LogP contribution in [-0.2, 0) is 4.79 Å². The van der Waals surface area contributed by atoms with Crippen molar-refractivity contribution in [3.05, 3.63) is 35.9 Å². The quantitative estimate of drug-likeness (QED) is 0.735. The van der Waals surface area contributed by atoms with Crippen LogP contribution in [0.3, 0.4) is 0 Å². The molecule has 0 aliphatic heterocycles. The molecule has 0 aromatic heterocycles. The fraction of sp³-hybridized carbons (Fsp3) is 0.300. The minimum atomic E-state index is -0.999. The van der Waals surface area contributed by atoms with Crippen LogP contribution in [0.4, 0.5) is 0 Å². The van der Waals surface area contributed by atoms with Crippen molar-refractivity contribution in [2.45, 2.75) is 18.9 Å². The van der Waals surface area contributed by atoms with E-state index in [0.29, 0.717) is 5.56 Å². The molecule has 0 fully saturated rings. The van der Waals surface area contributed by atoms with Crippen molar-refractivity contribution >= 4 is 5.97 Å². The number of aliphatic hydroxyl groups excluding tert-OH is 1. The van der Waals surface area contributed by atoms with Crippen molar-refractivity contribution in [1.29, 1.82) is 0 Å². The summed E-state index contributed by atoms with van der Waals surface area (Å²) in [6.07, 6.45) is -0.875. The monoisotopic (exact) mass is 180 g/mol. The van der Waals surface area contributed by atoms with Crippen LogP contribution < -0.4 is 0 Å². The van der Waals surface area contributed by atoms with Crippen molar-refractivity contribution in [2.24, 2.45) is 0 Å². The molecule has 70 valence electrons. The zero-order valence-corrected chi connectivity index (χ0v) is 7.34. The van der Waals surface area contributed by atoms with Gasteiger partial charge in [-0.3, -0.25) is 4.79 Å². The smallest absolute Gasteiger partial charge is 0.313 e. The van der Waals surface area contributed by atoms with Crippen LogP contribution in [0.5, 0.6) is 0 Å². The highest BCUT2D eigenvalue weighted by molar-refractivity contribution is 5.76. The average Bonchev–Trinajstić information content (AvgIpc) is 2.04. The van der Waals surface area contributed by atoms with Crippen molar-refractivity contribution in [3.63, 3.8) is 0 Å². The zero-order valence-electron chi connectivity index (χ0n) is 7.34. The second kappa shape index (κ2) is 4.05. The Hall–Kier alpha value is -1.35. The van der Waals surface area contributed by atoms with Gasteiger partial charge in [-0.25, -0.2) is 0 Å². The molecule has 1 aromatic rings. The largest absolute Gasteiger partial charge is 0.481 e. The van der Waals surface area contributed by atoms with Crippen molar-refractivity contribution in [1.82, 2.24) is 0 Å². The molecule has 0 saturated heterocycles. The van der Waals surface area contributed by atoms with Crippen molar-refractivity contribution < 1.29 is 15.0 Å². The van der Waals surface area contributed by atoms with E-state index < -0.39 is 18.0 Å². The number of carboxylic acid groups (broad SMARTS) is 1. The number of hydrogen-bond donors (Lipinski definition) is 2. The van der Waals surface area contributed by atoms with Crippen molar-refractivity contribution in [3.8, 4) is 0 Å². The van der Waals surface area contributed by atoms with E-state index in [1.54, 1.807) is 24.3 Å². The third kappa shape index (κ3) is 2.29. The maximum Gasteiger partial charge on any atom is 0.313 e. The second-order valence-electron chi connectivity index (χ2n) is 2.97. The molecular weight excluding hydrogens is 168 g/mol. The fourth-order valence-corrected chi connectivity index (χ4v) is 1.29. The Morgan fingerprint density at radius 1 is 1.31 bits per heavy atom. The fourth-order valence-electron chi connectivity index (χ4n) is 1.29. The van der Waals surface area contributed by atoms with Gasteiger partial charge in [-0.15, -0.1) is 0 Å². The highest BCUT2D eigenvalue weighted by Gasteiger charge is 2.24. The summed E-state index contributed by atoms with van der Waals surface area (Å²) in [5.74, 6) is -1.83. The maximum absolute atomic E-state index is 10.8. The van der Waals surface area contributed by atoms with Gasteiger partial charge in [0.05, 0.1) is 6.10 Å². The van der Waals surface area contributed by atoms with Gasteiger partial charge in [0.2, 0.25) is 0 Å². The predicted molar refractivity (Wildman–Crippen MR) is 48.5 cm³/mol. The Labute approximate surface area is 76.6 Å². The Balaban J connectivity index is 2.96. The lowest BCUT2D eigenvalue weighted by atomic mass is 9.95. The summed E-state index contributed by atoms with van der Waals surface area (Å²) in [6.45, 7) is 1.48. The van der Waals surface area contributed by atoms with Crippen LogP contribution in [0.1, 0.15) is 18.4 Å². The Kier molecular flexibility index (Phi) is 3.03. The van der Waals surface area contributed by atoms with Gasteiger partial charge in [0.15, 0.2) is 0 Å². The lowest BCUT2D eigenvalue weighted by Crippen LogP contribution is -2.23. The van der Waals surface area contributed by atoms with Gasteiger partial charge in [0, 0.05) is 0 Å². The van der Waals surface area contributed by atoms with E-state index in [9.17, 15) is 9.90 Å². The topological polar surface area (TPSA) is 57.5 Å². The number of carbonyl (C=O) groups is 1. The highest BCUT2D eigenvalue weighted by atomic mass is 16.4. The van der Waals surface area contributed by atoms with Gasteiger partial charge < -0.3 is 10.2 Å². The van der Waals surface area contributed by atoms with Crippen LogP contribution >= 0.6 is 0 Å². The molecule has 2 atom stereocenters. The summed E-state index contributed by atoms with van der Waals surface area (Å²) in [7, 11) is 0. The summed E-state index contributed by atoms with van der Waals surface area (Å²) in [4.78, 5) is 10.8. The molecule has 1 aromatic carbocycles. The SMILES string of the molecule is C[C@H](O)[C@H](C(=O)O)c1ccccc1. The highest BCUT2D eigenvalue weighted by Crippen LogP contribution is 2.19. The first kappa shape index (κ1) is 9.74. The number of aliphatic hydroxyl groups is 1. The third-order valence-corrected chi connectivity index (χ3v) is 1.91. The molecule has 1 rings (SSSR count). The second-order valence-corrected chi connectivity index (χ2v) is 2.97. The van der Waals surface area contributed by atoms with E-state index >= 15 is 0 Å². The van der Waals surface area contributed by atoms with Gasteiger partial charge in [0.1, 0.15) is 5.92 Å². The molecular formula is C10H12O3. The summed E-state index contributed by atoms with van der Waals surface area (Å²) in [6, 6.07) is 8.72. The third-order valence-electron chi connectivity index (χ3n) is 1.91. The minimum absolute atomic E-state index is 0.630. The molecule has 0 amide bonds. The Morgan fingerprint density at radius 2 is 1.85 bits per heavy atom. The van der Waals surface area contributed by atoms with Crippen LogP contribution in [0.15, 0.2) is 30.3 Å². The molecule has 2 N–H and O–H groups in total. The van der Waals surface area contributed by atoms with Gasteiger partial charge in [0.25, 0.3) is 0 Å². The van der Waals surface area contributed by atoms with Gasteiger partial charge in [-0.05, 0) is 12.5 Å². The lowest BCUT2D eigenvalue weighted by molar-refractivity contribution is -0.141. The molecule has 3 heteroatoms. The van der Waals surface area contributed by atoms with E-state index in [4.69, 9.17) is 5.11 Å². The van der Waals surface area contributed by atoms with Crippen molar-refractivity contribution in [2.75, 3.05) is 0 Å². The average molecular weight is 180 g/mol. The summed E-state index contributed by atoms with van der Waals surface area (Å²) >= 11 is 0. The number of rotatable bonds is 3. The maximum atomic E-state index is 10.8. The van der Waals surface area contributed by atoms with E-state index in [-0.39, 0.29) is 0 Å². The molecule has 0 aliphatic carbocycles. The molecule has 0 spiro atoms. The standard InChI is InChI=1S/C10H12O3/c1-7(11)9(10(12)13)8-5-3-2-4-6-8/h2-7,9,11H,1H3,(H,12,13)/t7-,9-/m0/s1. The van der Waals surface area contributed by atoms with Crippen LogP contribution in [-0.4, -0.2) is 22.3 Å². The van der Waals surface area contributed by atoms with E-state index in [0.717, 1.165) is 0 Å². The molecule has 3 nitrogen and oxygen atoms in total. The Bertz CT molecular complexity index is 279. The first-order valence-corrected chi connectivity index (χ1v) is 4.08. The normalized spacial score (nSPS) is 14.9. The van der Waals surface area contributed by atoms with Crippen LogP contribution in [0.2, 0.25) is 0 Å². The first-order valence-electron chi connectivity index (χ1n) is 4.08. The van der Waals surface area contributed by atoms with Gasteiger partial charge >= 0.3 is 5.97 Å². The predicted octanol–water partition coefficient (Wildman–Crippen LogP) is 1.24.